The van der Waals surface area contributed by atoms with Crippen LogP contribution in [-0.4, -0.2) is 25.9 Å². The molecular weight excluding hydrogens is 417 g/mol. The van der Waals surface area contributed by atoms with Crippen LogP contribution in [0.5, 0.6) is 0 Å². The molecule has 1 aromatic carbocycles. The minimum atomic E-state index is -4.48. The molecule has 2 aromatic heterocycles. The Morgan fingerprint density at radius 3 is 2.77 bits per heavy atom. The molecule has 0 aliphatic rings. The fraction of sp³-hybridized carbons (Fsp3) is 0.250. The number of aromatic nitrogens is 3. The zero-order valence-corrected chi connectivity index (χ0v) is 17.0. The highest BCUT2D eigenvalue weighted by atomic mass is 32.2. The Hall–Kier alpha value is -3.01. The van der Waals surface area contributed by atoms with Crippen LogP contribution < -0.4 is 5.32 Å². The summed E-state index contributed by atoms with van der Waals surface area (Å²) in [6.07, 6.45) is -1.25. The van der Waals surface area contributed by atoms with Gasteiger partial charge < -0.3 is 9.73 Å². The Balaban J connectivity index is 1.77. The van der Waals surface area contributed by atoms with E-state index in [0.717, 1.165) is 29.5 Å². The Labute approximate surface area is 175 Å². The number of carbonyl (C=O) groups excluding carboxylic acids is 1. The van der Waals surface area contributed by atoms with Crippen LogP contribution in [0, 0.1) is 6.92 Å². The topological polar surface area (TPSA) is 73.0 Å². The number of furan rings is 1. The smallest absolute Gasteiger partial charge is 0.416 e. The SMILES string of the molecule is C=CCn1c(S[C@H](C)C(=O)Nc2cccc(C(F)(F)F)c2)nnc1-c1ccoc1C. The number of anilines is 1. The lowest BCUT2D eigenvalue weighted by Crippen LogP contribution is -2.23. The molecule has 1 amide bonds. The number of halogens is 3. The van der Waals surface area contributed by atoms with Gasteiger partial charge >= 0.3 is 6.18 Å². The summed E-state index contributed by atoms with van der Waals surface area (Å²) in [5.41, 5.74) is 0.0215. The van der Waals surface area contributed by atoms with E-state index in [-0.39, 0.29) is 5.69 Å². The first-order chi connectivity index (χ1) is 14.2. The van der Waals surface area contributed by atoms with E-state index >= 15 is 0 Å². The summed E-state index contributed by atoms with van der Waals surface area (Å²) in [7, 11) is 0. The van der Waals surface area contributed by atoms with Crippen LogP contribution in [0.15, 0.2) is 58.8 Å². The molecule has 0 aliphatic heterocycles. The fourth-order valence-electron chi connectivity index (χ4n) is 2.71. The molecule has 0 unspecified atom stereocenters. The number of rotatable bonds is 7. The average Bonchev–Trinajstić information content (AvgIpc) is 3.27. The van der Waals surface area contributed by atoms with E-state index in [1.807, 2.05) is 0 Å². The summed E-state index contributed by atoms with van der Waals surface area (Å²) < 4.78 is 45.7. The second-order valence-corrected chi connectivity index (χ2v) is 7.73. The number of allylic oxidation sites excluding steroid dienone is 1. The lowest BCUT2D eigenvalue weighted by Gasteiger charge is -2.14. The molecule has 0 spiro atoms. The molecule has 0 radical (unpaired) electrons. The second kappa shape index (κ2) is 8.78. The molecule has 0 aliphatic carbocycles. The Bertz CT molecular complexity index is 1060. The van der Waals surface area contributed by atoms with Crippen molar-refractivity contribution in [2.75, 3.05) is 5.32 Å². The summed E-state index contributed by atoms with van der Waals surface area (Å²) in [4.78, 5) is 12.5. The highest BCUT2D eigenvalue weighted by Crippen LogP contribution is 2.32. The standard InChI is InChI=1S/C20H19F3N4O2S/c1-4-9-27-17(16-8-10-29-12(16)2)25-26-19(27)30-13(3)18(28)24-15-7-5-6-14(11-15)20(21,22)23/h4-8,10-11,13H,1,9H2,2-3H3,(H,24,28)/t13-/m1/s1. The van der Waals surface area contributed by atoms with Crippen molar-refractivity contribution in [2.24, 2.45) is 0 Å². The van der Waals surface area contributed by atoms with Gasteiger partial charge in [-0.05, 0) is 38.1 Å². The van der Waals surface area contributed by atoms with Crippen LogP contribution in [0.2, 0.25) is 0 Å². The number of carbonyl (C=O) groups is 1. The van der Waals surface area contributed by atoms with E-state index in [9.17, 15) is 18.0 Å². The van der Waals surface area contributed by atoms with Crippen molar-refractivity contribution >= 4 is 23.4 Å². The Morgan fingerprint density at radius 1 is 1.37 bits per heavy atom. The molecule has 0 fully saturated rings. The van der Waals surface area contributed by atoms with E-state index in [2.05, 4.69) is 22.1 Å². The third-order valence-electron chi connectivity index (χ3n) is 4.24. The first-order valence-corrected chi connectivity index (χ1v) is 9.82. The molecule has 0 saturated heterocycles. The van der Waals surface area contributed by atoms with Gasteiger partial charge in [-0.25, -0.2) is 0 Å². The molecule has 10 heteroatoms. The maximum absolute atomic E-state index is 12.9. The van der Waals surface area contributed by atoms with Crippen LogP contribution in [0.1, 0.15) is 18.2 Å². The van der Waals surface area contributed by atoms with Gasteiger partial charge in [0.05, 0.1) is 22.6 Å². The van der Waals surface area contributed by atoms with Crippen molar-refractivity contribution in [3.05, 3.63) is 60.6 Å². The third kappa shape index (κ3) is 4.76. The number of nitrogens with one attached hydrogen (secondary N) is 1. The summed E-state index contributed by atoms with van der Waals surface area (Å²) >= 11 is 1.15. The molecule has 2 heterocycles. The van der Waals surface area contributed by atoms with Crippen molar-refractivity contribution in [2.45, 2.75) is 37.0 Å². The van der Waals surface area contributed by atoms with Gasteiger partial charge in [0, 0.05) is 12.2 Å². The lowest BCUT2D eigenvalue weighted by molar-refractivity contribution is -0.137. The number of nitrogens with zero attached hydrogens (tertiary/aromatic N) is 3. The van der Waals surface area contributed by atoms with Gasteiger partial charge in [-0.2, -0.15) is 13.2 Å². The minimum absolute atomic E-state index is 0.0737. The van der Waals surface area contributed by atoms with Crippen molar-refractivity contribution in [3.63, 3.8) is 0 Å². The summed E-state index contributed by atoms with van der Waals surface area (Å²) in [6, 6.07) is 6.28. The Morgan fingerprint density at radius 2 is 2.13 bits per heavy atom. The number of alkyl halides is 3. The monoisotopic (exact) mass is 436 g/mol. The molecule has 3 rings (SSSR count). The molecule has 3 aromatic rings. The van der Waals surface area contributed by atoms with Gasteiger partial charge in [0.15, 0.2) is 11.0 Å². The van der Waals surface area contributed by atoms with Gasteiger partial charge in [0.1, 0.15) is 5.76 Å². The van der Waals surface area contributed by atoms with Gasteiger partial charge in [-0.15, -0.1) is 16.8 Å². The van der Waals surface area contributed by atoms with Crippen LogP contribution in [0.25, 0.3) is 11.4 Å². The third-order valence-corrected chi connectivity index (χ3v) is 5.32. The fourth-order valence-corrected chi connectivity index (χ4v) is 3.57. The largest absolute Gasteiger partial charge is 0.469 e. The summed E-state index contributed by atoms with van der Waals surface area (Å²) in [6.45, 7) is 7.60. The molecule has 30 heavy (non-hydrogen) atoms. The number of aryl methyl sites for hydroxylation is 1. The summed E-state index contributed by atoms with van der Waals surface area (Å²) in [5, 5.41) is 10.7. The van der Waals surface area contributed by atoms with E-state index in [0.29, 0.717) is 23.3 Å². The predicted octanol–water partition coefficient (Wildman–Crippen LogP) is 5.17. The number of thioether (sulfide) groups is 1. The number of hydrogen-bond acceptors (Lipinski definition) is 5. The number of hydrogen-bond donors (Lipinski definition) is 1. The molecule has 1 atom stereocenters. The van der Waals surface area contributed by atoms with E-state index in [4.69, 9.17) is 4.42 Å². The lowest BCUT2D eigenvalue weighted by atomic mass is 10.2. The quantitative estimate of drug-likeness (QED) is 0.409. The number of benzene rings is 1. The normalized spacial score (nSPS) is 12.6. The van der Waals surface area contributed by atoms with Crippen LogP contribution >= 0.6 is 11.8 Å². The molecule has 158 valence electrons. The van der Waals surface area contributed by atoms with E-state index in [1.54, 1.807) is 36.8 Å². The van der Waals surface area contributed by atoms with Gasteiger partial charge in [-0.3, -0.25) is 9.36 Å². The Kier molecular flexibility index (Phi) is 6.35. The summed E-state index contributed by atoms with van der Waals surface area (Å²) in [5.74, 6) is 0.808. The van der Waals surface area contributed by atoms with Crippen LogP contribution in [0.4, 0.5) is 18.9 Å². The van der Waals surface area contributed by atoms with Crippen LogP contribution in [0.3, 0.4) is 0 Å². The molecule has 6 nitrogen and oxygen atoms in total. The number of amides is 1. The molecule has 1 N–H and O–H groups in total. The predicted molar refractivity (Wildman–Crippen MR) is 108 cm³/mol. The zero-order chi connectivity index (χ0) is 21.9. The maximum atomic E-state index is 12.9. The van der Waals surface area contributed by atoms with E-state index in [1.165, 1.54) is 12.1 Å². The first-order valence-electron chi connectivity index (χ1n) is 8.94. The van der Waals surface area contributed by atoms with Crippen molar-refractivity contribution < 1.29 is 22.4 Å². The van der Waals surface area contributed by atoms with Gasteiger partial charge in [0.25, 0.3) is 0 Å². The molecule has 0 saturated carbocycles. The maximum Gasteiger partial charge on any atom is 0.416 e. The van der Waals surface area contributed by atoms with Crippen molar-refractivity contribution in [3.8, 4) is 11.4 Å². The van der Waals surface area contributed by atoms with E-state index < -0.39 is 22.9 Å². The van der Waals surface area contributed by atoms with Crippen LogP contribution in [-0.2, 0) is 17.5 Å². The molecule has 0 bridgehead atoms. The second-order valence-electron chi connectivity index (χ2n) is 6.42. The zero-order valence-electron chi connectivity index (χ0n) is 16.2. The highest BCUT2D eigenvalue weighted by molar-refractivity contribution is 8.00. The first kappa shape index (κ1) is 21.7. The highest BCUT2D eigenvalue weighted by Gasteiger charge is 2.30. The van der Waals surface area contributed by atoms with Crippen molar-refractivity contribution in [1.29, 1.82) is 0 Å². The van der Waals surface area contributed by atoms with Crippen molar-refractivity contribution in [1.82, 2.24) is 14.8 Å². The van der Waals surface area contributed by atoms with Gasteiger partial charge in [-0.1, -0.05) is 23.9 Å². The minimum Gasteiger partial charge on any atom is -0.469 e. The average molecular weight is 436 g/mol. The molecular formula is C20H19F3N4O2S. The van der Waals surface area contributed by atoms with Gasteiger partial charge in [0.2, 0.25) is 5.91 Å².